The van der Waals surface area contributed by atoms with Gasteiger partial charge in [0.25, 0.3) is 5.91 Å². The molecule has 0 aromatic heterocycles. The van der Waals surface area contributed by atoms with E-state index in [4.69, 9.17) is 51.1 Å². The summed E-state index contributed by atoms with van der Waals surface area (Å²) < 4.78 is 5.53. The van der Waals surface area contributed by atoms with Crippen molar-refractivity contribution in [3.05, 3.63) is 56.5 Å². The normalized spacial score (nSPS) is 11.9. The third-order valence-corrected chi connectivity index (χ3v) is 3.99. The van der Waals surface area contributed by atoms with Crippen LogP contribution in [0.15, 0.2) is 36.4 Å². The molecular weight excluding hydrogens is 368 g/mol. The third-order valence-electron chi connectivity index (χ3n) is 2.74. The van der Waals surface area contributed by atoms with E-state index >= 15 is 0 Å². The predicted molar refractivity (Wildman–Crippen MR) is 91.6 cm³/mol. The Morgan fingerprint density at radius 1 is 1.05 bits per heavy atom. The number of benzene rings is 2. The second kappa shape index (κ2) is 7.42. The number of nitrogens with one attached hydrogen (secondary N) is 1. The standard InChI is InChI=1S/C15H11Cl4NO2/c1-8(15(21)20-10-4-2-3-9(16)5-10)22-14-7-12(18)11(17)6-13(14)19/h2-8H,1H3,(H,20,21)/t8-/m1/s1. The molecule has 116 valence electrons. The van der Waals surface area contributed by atoms with E-state index in [1.54, 1.807) is 31.2 Å². The maximum atomic E-state index is 12.1. The van der Waals surface area contributed by atoms with Crippen molar-refractivity contribution in [2.45, 2.75) is 13.0 Å². The zero-order chi connectivity index (χ0) is 16.3. The molecule has 0 radical (unpaired) electrons. The number of carbonyl (C=O) groups excluding carboxylic acids is 1. The van der Waals surface area contributed by atoms with Gasteiger partial charge in [-0.25, -0.2) is 0 Å². The fraction of sp³-hybridized carbons (Fsp3) is 0.133. The van der Waals surface area contributed by atoms with Crippen LogP contribution < -0.4 is 10.1 Å². The van der Waals surface area contributed by atoms with Crippen LogP contribution in [0.5, 0.6) is 5.75 Å². The third kappa shape index (κ3) is 4.43. The van der Waals surface area contributed by atoms with E-state index in [9.17, 15) is 4.79 Å². The van der Waals surface area contributed by atoms with Gasteiger partial charge in [0.2, 0.25) is 0 Å². The SMILES string of the molecule is C[C@@H](Oc1cc(Cl)c(Cl)cc1Cl)C(=O)Nc1cccc(Cl)c1. The van der Waals surface area contributed by atoms with Crippen molar-refractivity contribution in [1.29, 1.82) is 0 Å². The number of anilines is 1. The Bertz CT molecular complexity index is 706. The smallest absolute Gasteiger partial charge is 0.265 e. The summed E-state index contributed by atoms with van der Waals surface area (Å²) in [5.74, 6) is -0.0609. The summed E-state index contributed by atoms with van der Waals surface area (Å²) in [5.41, 5.74) is 0.577. The first-order valence-corrected chi connectivity index (χ1v) is 7.75. The lowest BCUT2D eigenvalue weighted by atomic mass is 10.3. The highest BCUT2D eigenvalue weighted by atomic mass is 35.5. The summed E-state index contributed by atoms with van der Waals surface area (Å²) in [6, 6.07) is 9.74. The quantitative estimate of drug-likeness (QED) is 0.692. The minimum absolute atomic E-state index is 0.275. The molecule has 0 heterocycles. The lowest BCUT2D eigenvalue weighted by Crippen LogP contribution is -2.30. The first-order chi connectivity index (χ1) is 10.4. The maximum absolute atomic E-state index is 12.1. The number of hydrogen-bond donors (Lipinski definition) is 1. The lowest BCUT2D eigenvalue weighted by Gasteiger charge is -2.16. The number of hydrogen-bond acceptors (Lipinski definition) is 2. The number of amides is 1. The number of carbonyl (C=O) groups is 1. The van der Waals surface area contributed by atoms with E-state index < -0.39 is 6.10 Å². The molecule has 0 saturated heterocycles. The minimum Gasteiger partial charge on any atom is -0.479 e. The molecule has 1 N–H and O–H groups in total. The Hall–Kier alpha value is -1.13. The van der Waals surface area contributed by atoms with Crippen LogP contribution in [0, 0.1) is 0 Å². The highest BCUT2D eigenvalue weighted by Gasteiger charge is 2.17. The summed E-state index contributed by atoms with van der Waals surface area (Å²) in [7, 11) is 0. The van der Waals surface area contributed by atoms with Gasteiger partial charge < -0.3 is 10.1 Å². The Kier molecular flexibility index (Phi) is 5.81. The summed E-state index contributed by atoms with van der Waals surface area (Å²) in [6.07, 6.45) is -0.784. The molecule has 2 aromatic carbocycles. The molecule has 22 heavy (non-hydrogen) atoms. The zero-order valence-corrected chi connectivity index (χ0v) is 14.4. The predicted octanol–water partition coefficient (Wildman–Crippen LogP) is 5.71. The molecule has 0 spiro atoms. The summed E-state index contributed by atoms with van der Waals surface area (Å²) in [6.45, 7) is 1.60. The van der Waals surface area contributed by atoms with Crippen molar-refractivity contribution < 1.29 is 9.53 Å². The number of rotatable bonds is 4. The van der Waals surface area contributed by atoms with Crippen LogP contribution >= 0.6 is 46.4 Å². The Balaban J connectivity index is 2.07. The van der Waals surface area contributed by atoms with Crippen molar-refractivity contribution in [3.8, 4) is 5.75 Å². The first-order valence-electron chi connectivity index (χ1n) is 6.24. The average molecular weight is 379 g/mol. The van der Waals surface area contributed by atoms with E-state index in [1.807, 2.05) is 0 Å². The molecule has 0 aliphatic rings. The van der Waals surface area contributed by atoms with Gasteiger partial charge in [0.1, 0.15) is 5.75 Å². The summed E-state index contributed by atoms with van der Waals surface area (Å²) in [4.78, 5) is 12.1. The zero-order valence-electron chi connectivity index (χ0n) is 11.4. The molecular formula is C15H11Cl4NO2. The van der Waals surface area contributed by atoms with E-state index in [0.717, 1.165) is 0 Å². The largest absolute Gasteiger partial charge is 0.479 e. The Morgan fingerprint density at radius 3 is 2.41 bits per heavy atom. The van der Waals surface area contributed by atoms with Gasteiger partial charge in [0.05, 0.1) is 15.1 Å². The first kappa shape index (κ1) is 17.2. The molecule has 0 saturated carbocycles. The molecule has 0 bridgehead atoms. The molecule has 2 rings (SSSR count). The van der Waals surface area contributed by atoms with Gasteiger partial charge in [-0.05, 0) is 31.2 Å². The summed E-state index contributed by atoms with van der Waals surface area (Å²) >= 11 is 23.6. The van der Waals surface area contributed by atoms with Gasteiger partial charge in [0.15, 0.2) is 6.10 Å². The van der Waals surface area contributed by atoms with Crippen LogP contribution in [0.1, 0.15) is 6.92 Å². The van der Waals surface area contributed by atoms with Gasteiger partial charge in [0, 0.05) is 16.8 Å². The van der Waals surface area contributed by atoms with Gasteiger partial charge in [-0.2, -0.15) is 0 Å². The van der Waals surface area contributed by atoms with Crippen molar-refractivity contribution in [3.63, 3.8) is 0 Å². The van der Waals surface area contributed by atoms with Crippen molar-refractivity contribution in [2.24, 2.45) is 0 Å². The highest BCUT2D eigenvalue weighted by Crippen LogP contribution is 2.34. The van der Waals surface area contributed by atoms with E-state index in [-0.39, 0.29) is 16.7 Å². The fourth-order valence-electron chi connectivity index (χ4n) is 1.65. The average Bonchev–Trinajstić information content (AvgIpc) is 2.44. The molecule has 0 fully saturated rings. The van der Waals surface area contributed by atoms with Gasteiger partial charge >= 0.3 is 0 Å². The molecule has 1 amide bonds. The molecule has 3 nitrogen and oxygen atoms in total. The highest BCUT2D eigenvalue weighted by molar-refractivity contribution is 6.43. The second-order valence-electron chi connectivity index (χ2n) is 4.46. The maximum Gasteiger partial charge on any atom is 0.265 e. The van der Waals surface area contributed by atoms with Crippen LogP contribution in [0.4, 0.5) is 5.69 Å². The monoisotopic (exact) mass is 377 g/mol. The van der Waals surface area contributed by atoms with Gasteiger partial charge in [-0.3, -0.25) is 4.79 Å². The topological polar surface area (TPSA) is 38.3 Å². The van der Waals surface area contributed by atoms with Crippen LogP contribution in [0.25, 0.3) is 0 Å². The fourth-order valence-corrected chi connectivity index (χ4v) is 2.42. The minimum atomic E-state index is -0.784. The summed E-state index contributed by atoms with van der Waals surface area (Å²) in [5, 5.41) is 4.11. The second-order valence-corrected chi connectivity index (χ2v) is 6.11. The number of ether oxygens (including phenoxy) is 1. The van der Waals surface area contributed by atoms with Crippen LogP contribution in [-0.4, -0.2) is 12.0 Å². The van der Waals surface area contributed by atoms with Gasteiger partial charge in [-0.15, -0.1) is 0 Å². The lowest BCUT2D eigenvalue weighted by molar-refractivity contribution is -0.122. The molecule has 7 heteroatoms. The van der Waals surface area contributed by atoms with Crippen LogP contribution in [-0.2, 0) is 4.79 Å². The molecule has 1 atom stereocenters. The van der Waals surface area contributed by atoms with Crippen LogP contribution in [0.3, 0.4) is 0 Å². The molecule has 0 aliphatic heterocycles. The molecule has 2 aromatic rings. The van der Waals surface area contributed by atoms with E-state index in [0.29, 0.717) is 20.8 Å². The Morgan fingerprint density at radius 2 is 1.73 bits per heavy atom. The van der Waals surface area contributed by atoms with E-state index in [1.165, 1.54) is 12.1 Å². The molecule has 0 aliphatic carbocycles. The number of halogens is 4. The molecule has 0 unspecified atom stereocenters. The van der Waals surface area contributed by atoms with Gasteiger partial charge in [-0.1, -0.05) is 52.5 Å². The van der Waals surface area contributed by atoms with Crippen molar-refractivity contribution >= 4 is 58.0 Å². The van der Waals surface area contributed by atoms with Crippen LogP contribution in [0.2, 0.25) is 20.1 Å². The van der Waals surface area contributed by atoms with Crippen molar-refractivity contribution in [2.75, 3.05) is 5.32 Å². The van der Waals surface area contributed by atoms with Crippen molar-refractivity contribution in [1.82, 2.24) is 0 Å². The van der Waals surface area contributed by atoms with E-state index in [2.05, 4.69) is 5.32 Å². The Labute approximate surface area is 148 Å².